The second-order valence-corrected chi connectivity index (χ2v) is 4.70. The van der Waals surface area contributed by atoms with Gasteiger partial charge in [-0.05, 0) is 17.7 Å². The Morgan fingerprint density at radius 1 is 1.43 bits per heavy atom. The number of amides is 2. The zero-order valence-electron chi connectivity index (χ0n) is 10.9. The topological polar surface area (TPSA) is 32.3 Å². The van der Waals surface area contributed by atoms with E-state index in [9.17, 15) is 22.4 Å². The molecule has 21 heavy (non-hydrogen) atoms. The highest BCUT2D eigenvalue weighted by atomic mass is 19.4. The van der Waals surface area contributed by atoms with Crippen LogP contribution in [0.5, 0.6) is 0 Å². The lowest BCUT2D eigenvalue weighted by Crippen LogP contribution is -2.52. The number of hydrogen-bond acceptors (Lipinski definition) is 1. The lowest BCUT2D eigenvalue weighted by atomic mass is 9.90. The van der Waals surface area contributed by atoms with Crippen molar-refractivity contribution < 1.29 is 22.4 Å². The van der Waals surface area contributed by atoms with E-state index in [2.05, 4.69) is 11.2 Å². The maximum absolute atomic E-state index is 13.2. The molecule has 1 aromatic carbocycles. The van der Waals surface area contributed by atoms with E-state index in [0.29, 0.717) is 5.56 Å². The Labute approximate surface area is 118 Å². The van der Waals surface area contributed by atoms with Gasteiger partial charge in [-0.15, -0.1) is 6.42 Å². The Kier molecular flexibility index (Phi) is 4.07. The van der Waals surface area contributed by atoms with Crippen molar-refractivity contribution in [1.82, 2.24) is 10.2 Å². The van der Waals surface area contributed by atoms with Crippen LogP contribution in [0.25, 0.3) is 0 Å². The zero-order chi connectivity index (χ0) is 15.6. The monoisotopic (exact) mass is 300 g/mol. The van der Waals surface area contributed by atoms with Crippen molar-refractivity contribution in [2.75, 3.05) is 19.6 Å². The lowest BCUT2D eigenvalue weighted by molar-refractivity contribution is -0.140. The normalized spacial score (nSPS) is 15.3. The number of halogens is 4. The van der Waals surface area contributed by atoms with Gasteiger partial charge in [0.1, 0.15) is 5.82 Å². The number of hydrogen-bond donors (Lipinski definition) is 1. The number of carbonyl (C=O) groups is 1. The largest absolute Gasteiger partial charge is 0.419 e. The number of nitrogens with one attached hydrogen (secondary N) is 1. The minimum absolute atomic E-state index is 0.0920. The fourth-order valence-corrected chi connectivity index (χ4v) is 2.11. The highest BCUT2D eigenvalue weighted by Gasteiger charge is 2.37. The molecule has 2 amide bonds. The third kappa shape index (κ3) is 3.27. The minimum Gasteiger partial charge on any atom is -0.327 e. The zero-order valence-corrected chi connectivity index (χ0v) is 10.9. The summed E-state index contributed by atoms with van der Waals surface area (Å²) < 4.78 is 51.1. The molecule has 2 rings (SSSR count). The molecule has 1 aliphatic heterocycles. The second-order valence-electron chi connectivity index (χ2n) is 4.70. The molecule has 0 spiro atoms. The smallest absolute Gasteiger partial charge is 0.327 e. The molecule has 1 N–H and O–H groups in total. The van der Waals surface area contributed by atoms with Crippen molar-refractivity contribution in [3.8, 4) is 12.3 Å². The van der Waals surface area contributed by atoms with Crippen LogP contribution in [0.4, 0.5) is 22.4 Å². The molecule has 3 nitrogen and oxygen atoms in total. The Hall–Kier alpha value is -2.23. The number of alkyl halides is 3. The van der Waals surface area contributed by atoms with Gasteiger partial charge >= 0.3 is 12.2 Å². The number of terminal acetylenes is 1. The summed E-state index contributed by atoms with van der Waals surface area (Å²) in [5, 5.41) is 2.46. The molecule has 1 aliphatic rings. The molecule has 0 unspecified atom stereocenters. The molecule has 1 saturated heterocycles. The predicted molar refractivity (Wildman–Crippen MR) is 67.9 cm³/mol. The third-order valence-corrected chi connectivity index (χ3v) is 3.28. The van der Waals surface area contributed by atoms with Gasteiger partial charge in [0.05, 0.1) is 12.1 Å². The molecular weight excluding hydrogens is 288 g/mol. The molecule has 1 aromatic rings. The Morgan fingerprint density at radius 2 is 2.10 bits per heavy atom. The summed E-state index contributed by atoms with van der Waals surface area (Å²) in [6.45, 7) is 0.646. The van der Waals surface area contributed by atoms with Crippen molar-refractivity contribution in [2.45, 2.75) is 12.1 Å². The van der Waals surface area contributed by atoms with Crippen molar-refractivity contribution in [2.24, 2.45) is 0 Å². The summed E-state index contributed by atoms with van der Waals surface area (Å²) in [5.41, 5.74) is -0.917. The quantitative estimate of drug-likeness (QED) is 0.661. The minimum atomic E-state index is -4.73. The van der Waals surface area contributed by atoms with Gasteiger partial charge < -0.3 is 10.2 Å². The third-order valence-electron chi connectivity index (χ3n) is 3.28. The van der Waals surface area contributed by atoms with Gasteiger partial charge in [-0.2, -0.15) is 13.2 Å². The Balaban J connectivity index is 2.03. The van der Waals surface area contributed by atoms with E-state index in [4.69, 9.17) is 6.42 Å². The Morgan fingerprint density at radius 3 is 2.67 bits per heavy atom. The number of likely N-dealkylation sites (tertiary alicyclic amines) is 1. The van der Waals surface area contributed by atoms with Crippen LogP contribution in [0.2, 0.25) is 0 Å². The summed E-state index contributed by atoms with van der Waals surface area (Å²) in [4.78, 5) is 12.9. The van der Waals surface area contributed by atoms with Crippen LogP contribution in [0.15, 0.2) is 18.2 Å². The lowest BCUT2D eigenvalue weighted by Gasteiger charge is -2.39. The summed E-state index contributed by atoms with van der Waals surface area (Å²) in [6.07, 6.45) is 0.273. The molecule has 7 heteroatoms. The van der Waals surface area contributed by atoms with E-state index < -0.39 is 17.6 Å². The van der Waals surface area contributed by atoms with E-state index in [1.54, 1.807) is 0 Å². The van der Waals surface area contributed by atoms with E-state index in [1.165, 1.54) is 11.0 Å². The fourth-order valence-electron chi connectivity index (χ4n) is 2.11. The van der Waals surface area contributed by atoms with Crippen LogP contribution in [-0.2, 0) is 6.18 Å². The molecule has 0 saturated carbocycles. The van der Waals surface area contributed by atoms with E-state index in [0.717, 1.165) is 12.1 Å². The number of urea groups is 1. The van der Waals surface area contributed by atoms with Crippen LogP contribution in [0.1, 0.15) is 17.0 Å². The Bertz CT molecular complexity index is 586. The van der Waals surface area contributed by atoms with E-state index in [-0.39, 0.29) is 31.6 Å². The standard InChI is InChI=1S/C14H12F4N2O/c1-2-5-19-13(21)20-7-10(8-20)9-3-4-12(15)11(6-9)14(16,17)18/h1,3-4,6,10H,5,7-8H2,(H,19,21). The molecule has 1 fully saturated rings. The first-order valence-electron chi connectivity index (χ1n) is 6.16. The fraction of sp³-hybridized carbons (Fsp3) is 0.357. The summed E-state index contributed by atoms with van der Waals surface area (Å²) in [6, 6.07) is 2.56. The molecule has 1 heterocycles. The predicted octanol–water partition coefficient (Wildman–Crippen LogP) is 2.59. The van der Waals surface area contributed by atoms with Crippen LogP contribution in [0.3, 0.4) is 0 Å². The molecule has 0 aromatic heterocycles. The van der Waals surface area contributed by atoms with Gasteiger partial charge in [-0.1, -0.05) is 12.0 Å². The highest BCUT2D eigenvalue weighted by Crippen LogP contribution is 2.35. The van der Waals surface area contributed by atoms with Gasteiger partial charge in [0, 0.05) is 19.0 Å². The second kappa shape index (κ2) is 5.64. The van der Waals surface area contributed by atoms with Crippen LogP contribution in [-0.4, -0.2) is 30.6 Å². The van der Waals surface area contributed by atoms with Crippen molar-refractivity contribution in [3.05, 3.63) is 35.1 Å². The van der Waals surface area contributed by atoms with Gasteiger partial charge in [0.2, 0.25) is 0 Å². The SMILES string of the molecule is C#CCNC(=O)N1CC(c2ccc(F)c(C(F)(F)F)c2)C1. The summed E-state index contributed by atoms with van der Waals surface area (Å²) in [5.74, 6) is 0.719. The van der Waals surface area contributed by atoms with E-state index in [1.807, 2.05) is 0 Å². The molecule has 0 radical (unpaired) electrons. The van der Waals surface area contributed by atoms with Crippen molar-refractivity contribution in [1.29, 1.82) is 0 Å². The average molecular weight is 300 g/mol. The highest BCUT2D eigenvalue weighted by molar-refractivity contribution is 5.75. The van der Waals surface area contributed by atoms with Gasteiger partial charge in [0.15, 0.2) is 0 Å². The van der Waals surface area contributed by atoms with Crippen molar-refractivity contribution >= 4 is 6.03 Å². The van der Waals surface area contributed by atoms with E-state index >= 15 is 0 Å². The van der Waals surface area contributed by atoms with Crippen LogP contribution < -0.4 is 5.32 Å². The number of nitrogens with zero attached hydrogens (tertiary/aromatic N) is 1. The van der Waals surface area contributed by atoms with Gasteiger partial charge in [-0.25, -0.2) is 9.18 Å². The van der Waals surface area contributed by atoms with Gasteiger partial charge in [0.25, 0.3) is 0 Å². The number of benzene rings is 1. The van der Waals surface area contributed by atoms with Crippen LogP contribution in [0, 0.1) is 18.2 Å². The maximum Gasteiger partial charge on any atom is 0.419 e. The number of rotatable bonds is 2. The molecule has 112 valence electrons. The van der Waals surface area contributed by atoms with Crippen molar-refractivity contribution in [3.63, 3.8) is 0 Å². The summed E-state index contributed by atoms with van der Waals surface area (Å²) in [7, 11) is 0. The number of carbonyl (C=O) groups excluding carboxylic acids is 1. The molecule has 0 atom stereocenters. The molecule has 0 bridgehead atoms. The molecule has 0 aliphatic carbocycles. The first kappa shape index (κ1) is 15.2. The first-order chi connectivity index (χ1) is 9.82. The summed E-state index contributed by atoms with van der Waals surface area (Å²) >= 11 is 0. The maximum atomic E-state index is 13.2. The first-order valence-corrected chi connectivity index (χ1v) is 6.16. The van der Waals surface area contributed by atoms with Gasteiger partial charge in [-0.3, -0.25) is 0 Å². The molecular formula is C14H12F4N2O. The van der Waals surface area contributed by atoms with Crippen LogP contribution >= 0.6 is 0 Å². The average Bonchev–Trinajstić information content (AvgIpc) is 2.35.